The van der Waals surface area contributed by atoms with Crippen molar-refractivity contribution in [2.24, 2.45) is 0 Å². The number of carbonyl (C=O) groups is 1. The Morgan fingerprint density at radius 1 is 0.944 bits per heavy atom. The number of aromatic nitrogens is 4. The zero-order chi connectivity index (χ0) is 25.1. The maximum atomic E-state index is 13.8. The predicted molar refractivity (Wildman–Crippen MR) is 133 cm³/mol. The molecule has 5 aromatic rings. The van der Waals surface area contributed by atoms with E-state index in [1.54, 1.807) is 36.4 Å². The SMILES string of the molecule is N#Cc1cccc(CNC(=O)c2nc(-c3ccc4ncc(F)cc4c3)c(-c3ccccc3)nc2N)n1. The van der Waals surface area contributed by atoms with Gasteiger partial charge in [0.05, 0.1) is 35.3 Å². The van der Waals surface area contributed by atoms with Crippen LogP contribution in [0.3, 0.4) is 0 Å². The minimum Gasteiger partial charge on any atom is -0.382 e. The van der Waals surface area contributed by atoms with Crippen molar-refractivity contribution in [1.29, 1.82) is 5.26 Å². The number of nitriles is 1. The molecular formula is C27H18FN7O. The van der Waals surface area contributed by atoms with E-state index in [0.29, 0.717) is 33.5 Å². The van der Waals surface area contributed by atoms with Crippen LogP contribution >= 0.6 is 0 Å². The number of hydrogen-bond donors (Lipinski definition) is 2. The number of benzene rings is 2. The van der Waals surface area contributed by atoms with Gasteiger partial charge in [0.1, 0.15) is 17.6 Å². The monoisotopic (exact) mass is 475 g/mol. The second-order valence-electron chi connectivity index (χ2n) is 7.89. The Hall–Kier alpha value is -5.23. The van der Waals surface area contributed by atoms with Crippen molar-refractivity contribution < 1.29 is 9.18 Å². The van der Waals surface area contributed by atoms with E-state index in [-0.39, 0.29) is 23.8 Å². The molecule has 0 aliphatic rings. The van der Waals surface area contributed by atoms with Gasteiger partial charge in [-0.25, -0.2) is 19.3 Å². The van der Waals surface area contributed by atoms with Crippen LogP contribution in [0.15, 0.2) is 79.0 Å². The van der Waals surface area contributed by atoms with Crippen molar-refractivity contribution in [3.63, 3.8) is 0 Å². The molecule has 0 unspecified atom stereocenters. The fraction of sp³-hybridized carbons (Fsp3) is 0.0370. The highest BCUT2D eigenvalue weighted by Gasteiger charge is 2.20. The Morgan fingerprint density at radius 3 is 2.56 bits per heavy atom. The standard InChI is InChI=1S/C27H18FN7O/c28-19-12-18-11-17(9-10-22(18)31-14-19)24-23(16-5-2-1-3-6-16)35-26(30)25(34-24)27(36)32-15-21-8-4-7-20(13-29)33-21/h1-12,14H,15H2,(H2,30,35)(H,32,36). The number of halogens is 1. The summed E-state index contributed by atoms with van der Waals surface area (Å²) in [4.78, 5) is 30.4. The molecule has 3 N–H and O–H groups in total. The fourth-order valence-electron chi connectivity index (χ4n) is 3.76. The summed E-state index contributed by atoms with van der Waals surface area (Å²) in [6.45, 7) is 0.0756. The molecule has 0 aliphatic carbocycles. The molecular weight excluding hydrogens is 457 g/mol. The quantitative estimate of drug-likeness (QED) is 0.388. The number of carbonyl (C=O) groups excluding carboxylic acids is 1. The number of anilines is 1. The number of fused-ring (bicyclic) bond motifs is 1. The molecule has 0 bridgehead atoms. The van der Waals surface area contributed by atoms with Crippen molar-refractivity contribution in [2.45, 2.75) is 6.54 Å². The topological polar surface area (TPSA) is 130 Å². The van der Waals surface area contributed by atoms with E-state index in [1.165, 1.54) is 6.07 Å². The van der Waals surface area contributed by atoms with Crippen LogP contribution in [-0.2, 0) is 6.54 Å². The van der Waals surface area contributed by atoms with E-state index in [2.05, 4.69) is 25.3 Å². The van der Waals surface area contributed by atoms with Crippen LogP contribution in [0.2, 0.25) is 0 Å². The molecule has 0 saturated carbocycles. The summed E-state index contributed by atoms with van der Waals surface area (Å²) in [6, 6.07) is 22.9. The smallest absolute Gasteiger partial charge is 0.274 e. The van der Waals surface area contributed by atoms with Crippen LogP contribution in [0.1, 0.15) is 21.9 Å². The first-order chi connectivity index (χ1) is 17.5. The molecule has 0 fully saturated rings. The van der Waals surface area contributed by atoms with Gasteiger partial charge in [0.15, 0.2) is 11.5 Å². The molecule has 0 spiro atoms. The van der Waals surface area contributed by atoms with E-state index in [1.807, 2.05) is 36.4 Å². The maximum absolute atomic E-state index is 13.8. The van der Waals surface area contributed by atoms with Gasteiger partial charge in [-0.2, -0.15) is 5.26 Å². The molecule has 3 aromatic heterocycles. The van der Waals surface area contributed by atoms with Crippen LogP contribution in [0, 0.1) is 17.1 Å². The highest BCUT2D eigenvalue weighted by Crippen LogP contribution is 2.32. The van der Waals surface area contributed by atoms with Gasteiger partial charge < -0.3 is 11.1 Å². The summed E-state index contributed by atoms with van der Waals surface area (Å²) < 4.78 is 13.8. The van der Waals surface area contributed by atoms with E-state index in [4.69, 9.17) is 11.0 Å². The number of nitrogens with zero attached hydrogens (tertiary/aromatic N) is 5. The molecule has 8 nitrogen and oxygen atoms in total. The lowest BCUT2D eigenvalue weighted by molar-refractivity contribution is 0.0946. The first-order valence-corrected chi connectivity index (χ1v) is 10.9. The van der Waals surface area contributed by atoms with Crippen molar-refractivity contribution in [1.82, 2.24) is 25.3 Å². The number of hydrogen-bond acceptors (Lipinski definition) is 7. The molecule has 0 saturated heterocycles. The normalized spacial score (nSPS) is 10.7. The fourth-order valence-corrected chi connectivity index (χ4v) is 3.76. The van der Waals surface area contributed by atoms with Crippen LogP contribution in [-0.4, -0.2) is 25.8 Å². The zero-order valence-corrected chi connectivity index (χ0v) is 18.8. The Morgan fingerprint density at radius 2 is 1.75 bits per heavy atom. The second kappa shape index (κ2) is 9.56. The number of nitrogens with two attached hydrogens (primary N) is 1. The van der Waals surface area contributed by atoms with E-state index in [9.17, 15) is 9.18 Å². The lowest BCUT2D eigenvalue weighted by Crippen LogP contribution is -2.26. The number of nitrogens with one attached hydrogen (secondary N) is 1. The summed E-state index contributed by atoms with van der Waals surface area (Å²) in [7, 11) is 0. The highest BCUT2D eigenvalue weighted by atomic mass is 19.1. The van der Waals surface area contributed by atoms with Crippen LogP contribution in [0.5, 0.6) is 0 Å². The molecule has 0 radical (unpaired) electrons. The zero-order valence-electron chi connectivity index (χ0n) is 18.8. The second-order valence-corrected chi connectivity index (χ2v) is 7.89. The molecule has 5 rings (SSSR count). The van der Waals surface area contributed by atoms with Crippen molar-refractivity contribution in [2.75, 3.05) is 5.73 Å². The number of amides is 1. The third kappa shape index (κ3) is 4.56. The average molecular weight is 475 g/mol. The lowest BCUT2D eigenvalue weighted by Gasteiger charge is -2.13. The largest absolute Gasteiger partial charge is 0.382 e. The minimum absolute atomic E-state index is 0.0395. The third-order valence-electron chi connectivity index (χ3n) is 5.46. The number of pyridine rings is 2. The van der Waals surface area contributed by atoms with Crippen molar-refractivity contribution in [3.8, 4) is 28.6 Å². The Labute approximate surface area is 205 Å². The van der Waals surface area contributed by atoms with Crippen LogP contribution in [0.4, 0.5) is 10.2 Å². The molecule has 1 amide bonds. The Bertz CT molecular complexity index is 1650. The summed E-state index contributed by atoms with van der Waals surface area (Å²) in [6.07, 6.45) is 1.16. The van der Waals surface area contributed by atoms with E-state index < -0.39 is 11.7 Å². The maximum Gasteiger partial charge on any atom is 0.274 e. The van der Waals surface area contributed by atoms with Crippen molar-refractivity contribution >= 4 is 22.6 Å². The van der Waals surface area contributed by atoms with Crippen LogP contribution < -0.4 is 11.1 Å². The molecule has 0 atom stereocenters. The number of rotatable bonds is 5. The van der Waals surface area contributed by atoms with Gasteiger partial charge in [0.2, 0.25) is 0 Å². The molecule has 0 aliphatic heterocycles. The van der Waals surface area contributed by atoms with Gasteiger partial charge in [0, 0.05) is 16.5 Å². The Kier molecular flexibility index (Phi) is 5.99. The van der Waals surface area contributed by atoms with E-state index in [0.717, 1.165) is 11.8 Å². The van der Waals surface area contributed by atoms with Crippen molar-refractivity contribution in [3.05, 3.63) is 102 Å². The average Bonchev–Trinajstić information content (AvgIpc) is 2.91. The van der Waals surface area contributed by atoms with Gasteiger partial charge in [-0.3, -0.25) is 9.78 Å². The van der Waals surface area contributed by atoms with Gasteiger partial charge in [-0.05, 0) is 30.3 Å². The Balaban J connectivity index is 1.57. The summed E-state index contributed by atoms with van der Waals surface area (Å²) in [5, 5.41) is 12.3. The van der Waals surface area contributed by atoms with Gasteiger partial charge in [-0.1, -0.05) is 42.5 Å². The molecule has 9 heteroatoms. The first-order valence-electron chi connectivity index (χ1n) is 10.9. The van der Waals surface area contributed by atoms with Gasteiger partial charge in [-0.15, -0.1) is 0 Å². The number of nitrogen functional groups attached to an aromatic ring is 1. The van der Waals surface area contributed by atoms with Gasteiger partial charge in [0.25, 0.3) is 5.91 Å². The highest BCUT2D eigenvalue weighted by molar-refractivity contribution is 5.98. The summed E-state index contributed by atoms with van der Waals surface area (Å²) in [5.41, 5.74) is 9.78. The lowest BCUT2D eigenvalue weighted by atomic mass is 10.0. The van der Waals surface area contributed by atoms with Gasteiger partial charge >= 0.3 is 0 Å². The molecule has 3 heterocycles. The minimum atomic E-state index is -0.543. The molecule has 174 valence electrons. The predicted octanol–water partition coefficient (Wildman–Crippen LogP) is 4.28. The first kappa shape index (κ1) is 22.6. The van der Waals surface area contributed by atoms with Crippen LogP contribution in [0.25, 0.3) is 33.4 Å². The molecule has 36 heavy (non-hydrogen) atoms. The summed E-state index contributed by atoms with van der Waals surface area (Å²) in [5.74, 6) is -1.04. The molecule has 2 aromatic carbocycles. The summed E-state index contributed by atoms with van der Waals surface area (Å²) >= 11 is 0. The third-order valence-corrected chi connectivity index (χ3v) is 5.46. The van der Waals surface area contributed by atoms with E-state index >= 15 is 0 Å².